The molecule has 168 valence electrons. The molecule has 0 N–H and O–H groups in total. The van der Waals surface area contributed by atoms with Crippen LogP contribution in [-0.4, -0.2) is 25.4 Å². The third kappa shape index (κ3) is 5.41. The third-order valence-corrected chi connectivity index (χ3v) is 7.79. The minimum Gasteiger partial charge on any atom is -0.381 e. The number of rotatable bonds is 11. The standard InChI is InChI=1S/C29H40O2/c1-3-4-21-30-22-5-6-23-31-29-18-15-28(16-19-29,17-20-29)27-13-11-26(12-14-27)25-9-7-24(2)8-10-25/h7-14H,3-6,15-23H2,1-2H3. The van der Waals surface area contributed by atoms with Gasteiger partial charge in [0, 0.05) is 19.8 Å². The Hall–Kier alpha value is -1.64. The molecule has 31 heavy (non-hydrogen) atoms. The lowest BCUT2D eigenvalue weighted by Crippen LogP contribution is -2.49. The van der Waals surface area contributed by atoms with Gasteiger partial charge in [-0.05, 0) is 86.8 Å². The molecular formula is C29H40O2. The van der Waals surface area contributed by atoms with Crippen LogP contribution in [0.5, 0.6) is 0 Å². The SMILES string of the molecule is CCCCOCCCCOC12CCC(c3ccc(-c4ccc(C)cc4)cc3)(CC1)CC2. The molecule has 3 aliphatic carbocycles. The zero-order valence-corrected chi connectivity index (χ0v) is 19.6. The predicted molar refractivity (Wildman–Crippen MR) is 130 cm³/mol. The van der Waals surface area contributed by atoms with Crippen LogP contribution in [0.3, 0.4) is 0 Å². The Morgan fingerprint density at radius 2 is 1.23 bits per heavy atom. The van der Waals surface area contributed by atoms with E-state index in [1.54, 1.807) is 5.56 Å². The van der Waals surface area contributed by atoms with Crippen molar-refractivity contribution in [2.45, 2.75) is 89.1 Å². The van der Waals surface area contributed by atoms with E-state index in [1.165, 1.54) is 68.1 Å². The maximum Gasteiger partial charge on any atom is 0.0683 e. The summed E-state index contributed by atoms with van der Waals surface area (Å²) in [6.45, 7) is 7.05. The summed E-state index contributed by atoms with van der Waals surface area (Å²) >= 11 is 0. The molecule has 0 saturated heterocycles. The van der Waals surface area contributed by atoms with Crippen molar-refractivity contribution in [2.24, 2.45) is 0 Å². The lowest BCUT2D eigenvalue weighted by Gasteiger charge is -2.53. The first-order valence-corrected chi connectivity index (χ1v) is 12.5. The molecule has 0 aromatic heterocycles. The molecule has 3 saturated carbocycles. The van der Waals surface area contributed by atoms with Gasteiger partial charge in [0.15, 0.2) is 0 Å². The summed E-state index contributed by atoms with van der Waals surface area (Å²) in [5.41, 5.74) is 6.03. The number of hydrogen-bond acceptors (Lipinski definition) is 2. The van der Waals surface area contributed by atoms with Crippen molar-refractivity contribution in [3.8, 4) is 11.1 Å². The van der Waals surface area contributed by atoms with Crippen molar-refractivity contribution in [3.63, 3.8) is 0 Å². The summed E-state index contributed by atoms with van der Waals surface area (Å²) in [5, 5.41) is 0. The van der Waals surface area contributed by atoms with E-state index in [9.17, 15) is 0 Å². The van der Waals surface area contributed by atoms with Crippen LogP contribution in [0.15, 0.2) is 48.5 Å². The monoisotopic (exact) mass is 420 g/mol. The van der Waals surface area contributed by atoms with Crippen LogP contribution in [0.25, 0.3) is 11.1 Å². The Morgan fingerprint density at radius 3 is 1.84 bits per heavy atom. The Morgan fingerprint density at radius 1 is 0.677 bits per heavy atom. The molecule has 2 nitrogen and oxygen atoms in total. The van der Waals surface area contributed by atoms with Crippen molar-refractivity contribution in [1.29, 1.82) is 0 Å². The van der Waals surface area contributed by atoms with Gasteiger partial charge in [0.1, 0.15) is 0 Å². The van der Waals surface area contributed by atoms with E-state index < -0.39 is 0 Å². The average molecular weight is 421 g/mol. The fraction of sp³-hybridized carbons (Fsp3) is 0.586. The molecule has 0 aliphatic heterocycles. The molecule has 2 bridgehead atoms. The molecule has 3 aliphatic rings. The second kappa shape index (κ2) is 10.3. The summed E-state index contributed by atoms with van der Waals surface area (Å²) in [6, 6.07) is 18.3. The molecule has 0 amide bonds. The Labute approximate surface area is 189 Å². The van der Waals surface area contributed by atoms with Crippen LogP contribution < -0.4 is 0 Å². The minimum atomic E-state index is 0.159. The van der Waals surface area contributed by atoms with E-state index in [-0.39, 0.29) is 5.60 Å². The van der Waals surface area contributed by atoms with Gasteiger partial charge >= 0.3 is 0 Å². The number of ether oxygens (including phenoxy) is 2. The Bertz CT molecular complexity index is 781. The summed E-state index contributed by atoms with van der Waals surface area (Å²) in [5.74, 6) is 0. The zero-order valence-electron chi connectivity index (χ0n) is 19.6. The number of hydrogen-bond donors (Lipinski definition) is 0. The van der Waals surface area contributed by atoms with Crippen molar-refractivity contribution < 1.29 is 9.47 Å². The molecule has 2 heteroatoms. The first kappa shape index (κ1) is 22.6. The van der Waals surface area contributed by atoms with Gasteiger partial charge in [0.05, 0.1) is 5.60 Å². The molecule has 0 radical (unpaired) electrons. The predicted octanol–water partition coefficient (Wildman–Crippen LogP) is 7.62. The lowest BCUT2D eigenvalue weighted by molar-refractivity contribution is -0.120. The van der Waals surface area contributed by atoms with Gasteiger partial charge in [0.25, 0.3) is 0 Å². The number of benzene rings is 2. The van der Waals surface area contributed by atoms with Crippen LogP contribution in [0.2, 0.25) is 0 Å². The third-order valence-electron chi connectivity index (χ3n) is 7.79. The summed E-state index contributed by atoms with van der Waals surface area (Å²) in [4.78, 5) is 0. The maximum atomic E-state index is 6.50. The quantitative estimate of drug-likeness (QED) is 0.348. The number of fused-ring (bicyclic) bond motifs is 3. The molecule has 3 fully saturated rings. The van der Waals surface area contributed by atoms with Gasteiger partial charge in [0.2, 0.25) is 0 Å². The minimum absolute atomic E-state index is 0.159. The van der Waals surface area contributed by atoms with Gasteiger partial charge in [-0.2, -0.15) is 0 Å². The van der Waals surface area contributed by atoms with E-state index in [1.807, 2.05) is 0 Å². The fourth-order valence-electron chi connectivity index (χ4n) is 5.51. The van der Waals surface area contributed by atoms with Crippen LogP contribution in [0, 0.1) is 6.92 Å². The van der Waals surface area contributed by atoms with Crippen molar-refractivity contribution in [2.75, 3.05) is 19.8 Å². The van der Waals surface area contributed by atoms with Gasteiger partial charge < -0.3 is 9.47 Å². The number of unbranched alkanes of at least 4 members (excludes halogenated alkanes) is 2. The largest absolute Gasteiger partial charge is 0.381 e. The van der Waals surface area contributed by atoms with Gasteiger partial charge in [-0.1, -0.05) is 67.4 Å². The highest BCUT2D eigenvalue weighted by Crippen LogP contribution is 2.55. The summed E-state index contributed by atoms with van der Waals surface area (Å²) in [6.07, 6.45) is 12.1. The van der Waals surface area contributed by atoms with E-state index in [4.69, 9.17) is 9.47 Å². The molecule has 2 aromatic carbocycles. The van der Waals surface area contributed by atoms with E-state index >= 15 is 0 Å². The molecule has 0 spiro atoms. The molecule has 2 aromatic rings. The van der Waals surface area contributed by atoms with E-state index in [2.05, 4.69) is 62.4 Å². The van der Waals surface area contributed by atoms with Crippen molar-refractivity contribution >= 4 is 0 Å². The molecular weight excluding hydrogens is 380 g/mol. The van der Waals surface area contributed by atoms with Crippen molar-refractivity contribution in [1.82, 2.24) is 0 Å². The van der Waals surface area contributed by atoms with Gasteiger partial charge in [-0.25, -0.2) is 0 Å². The second-order valence-corrected chi connectivity index (χ2v) is 9.93. The Kier molecular flexibility index (Phi) is 7.51. The smallest absolute Gasteiger partial charge is 0.0683 e. The topological polar surface area (TPSA) is 18.5 Å². The highest BCUT2D eigenvalue weighted by atomic mass is 16.5. The van der Waals surface area contributed by atoms with E-state index in [0.29, 0.717) is 5.41 Å². The second-order valence-electron chi connectivity index (χ2n) is 9.93. The van der Waals surface area contributed by atoms with Crippen LogP contribution in [0.4, 0.5) is 0 Å². The highest BCUT2D eigenvalue weighted by Gasteiger charge is 2.49. The maximum absolute atomic E-state index is 6.50. The summed E-state index contributed by atoms with van der Waals surface area (Å²) in [7, 11) is 0. The fourth-order valence-corrected chi connectivity index (χ4v) is 5.51. The van der Waals surface area contributed by atoms with Crippen LogP contribution in [0.1, 0.15) is 82.3 Å². The number of aryl methyl sites for hydroxylation is 1. The molecule has 0 unspecified atom stereocenters. The first-order valence-electron chi connectivity index (χ1n) is 12.5. The zero-order chi connectivity index (χ0) is 21.6. The Balaban J connectivity index is 1.26. The first-order chi connectivity index (χ1) is 15.1. The lowest BCUT2D eigenvalue weighted by atomic mass is 9.56. The highest BCUT2D eigenvalue weighted by molar-refractivity contribution is 5.64. The molecule has 0 heterocycles. The van der Waals surface area contributed by atoms with Crippen LogP contribution >= 0.6 is 0 Å². The molecule has 5 rings (SSSR count). The normalized spacial score (nSPS) is 25.1. The molecule has 0 atom stereocenters. The van der Waals surface area contributed by atoms with Gasteiger partial charge in [-0.3, -0.25) is 0 Å². The van der Waals surface area contributed by atoms with E-state index in [0.717, 1.165) is 32.7 Å². The van der Waals surface area contributed by atoms with Crippen molar-refractivity contribution in [3.05, 3.63) is 59.7 Å². The van der Waals surface area contributed by atoms with Gasteiger partial charge in [-0.15, -0.1) is 0 Å². The average Bonchev–Trinajstić information content (AvgIpc) is 2.83. The summed E-state index contributed by atoms with van der Waals surface area (Å²) < 4.78 is 12.2. The van der Waals surface area contributed by atoms with Crippen LogP contribution in [-0.2, 0) is 14.9 Å².